The van der Waals surface area contributed by atoms with Crippen LogP contribution in [-0.2, 0) is 35.6 Å². The molecule has 2 unspecified atom stereocenters. The van der Waals surface area contributed by atoms with E-state index in [1.807, 2.05) is 24.3 Å². The second kappa shape index (κ2) is 15.9. The van der Waals surface area contributed by atoms with E-state index in [2.05, 4.69) is 21.9 Å². The van der Waals surface area contributed by atoms with Gasteiger partial charge in [-0.3, -0.25) is 19.1 Å². The van der Waals surface area contributed by atoms with Gasteiger partial charge < -0.3 is 25.0 Å². The summed E-state index contributed by atoms with van der Waals surface area (Å²) in [6.07, 6.45) is 12.3. The molecule has 7 atom stereocenters. The minimum absolute atomic E-state index is 0.0286. The number of alkyl carbamates (subject to hydrolysis) is 1. The van der Waals surface area contributed by atoms with E-state index in [-0.39, 0.29) is 43.2 Å². The van der Waals surface area contributed by atoms with E-state index in [0.29, 0.717) is 42.8 Å². The molecule has 1 aromatic carbocycles. The Morgan fingerprint density at radius 2 is 1.64 bits per heavy atom. The second-order valence-corrected chi connectivity index (χ2v) is 18.9. The molecular weight excluding hydrogens is 737 g/mol. The van der Waals surface area contributed by atoms with Gasteiger partial charge in [0, 0.05) is 6.42 Å². The molecule has 3 N–H and O–H groups in total. The lowest BCUT2D eigenvalue weighted by Gasteiger charge is -2.32. The third-order valence-electron chi connectivity index (χ3n) is 13.0. The first-order valence-electron chi connectivity index (χ1n) is 20.7. The van der Waals surface area contributed by atoms with Crippen LogP contribution in [0.2, 0.25) is 0 Å². The Morgan fingerprint density at radius 1 is 0.929 bits per heavy atom. The summed E-state index contributed by atoms with van der Waals surface area (Å²) in [4.78, 5) is 68.0. The van der Waals surface area contributed by atoms with Gasteiger partial charge in [0.15, 0.2) is 0 Å². The standard InChI is InChI=1S/C41H54N6O8S/c1-2-11-27-23-41(27,39(50)46-56(52,53)29-20-21-29)45-36(48)33-22-28-24-47(33)38(49)35(26-13-6-7-14-26)44-40(51)55-34-19-10-15-25(34)12-4-3-5-18-32-37(54-28)43-31-17-9-8-16-30(31)42-32/h2,8-9,16-17,25-29,33-35H,1,3-7,10-15,18-24H2,(H,44,51)(H,45,48)(H,46,50)/t25-,27+,28-,33+,34?,35+,41?/m1/s1. The van der Waals surface area contributed by atoms with Gasteiger partial charge in [-0.2, -0.15) is 0 Å². The number of nitrogens with zero attached hydrogens (tertiary/aromatic N) is 3. The van der Waals surface area contributed by atoms with Crippen molar-refractivity contribution in [1.29, 1.82) is 0 Å². The highest BCUT2D eigenvalue weighted by Gasteiger charge is 2.62. The number of nitrogens with one attached hydrogen (secondary N) is 3. The van der Waals surface area contributed by atoms with Crippen molar-refractivity contribution in [3.8, 4) is 5.88 Å². The number of aryl methyl sites for hydroxylation is 1. The number of benzene rings is 1. The van der Waals surface area contributed by atoms with Crippen molar-refractivity contribution in [2.24, 2.45) is 17.8 Å². The van der Waals surface area contributed by atoms with Crippen LogP contribution in [0.4, 0.5) is 4.79 Å². The molecule has 0 spiro atoms. The number of fused-ring (bicyclic) bond motifs is 5. The van der Waals surface area contributed by atoms with Crippen molar-refractivity contribution >= 4 is 44.9 Å². The molecule has 5 fully saturated rings. The van der Waals surface area contributed by atoms with Crippen LogP contribution in [0, 0.1) is 17.8 Å². The molecule has 4 aliphatic carbocycles. The summed E-state index contributed by atoms with van der Waals surface area (Å²) in [5.74, 6) is -1.68. The minimum atomic E-state index is -3.88. The lowest BCUT2D eigenvalue weighted by atomic mass is 9.96. The Kier molecular flexibility index (Phi) is 11.0. The second-order valence-electron chi connectivity index (χ2n) is 16.9. The quantitative estimate of drug-likeness (QED) is 0.319. The summed E-state index contributed by atoms with van der Waals surface area (Å²) in [5.41, 5.74) is 0.659. The van der Waals surface area contributed by atoms with Gasteiger partial charge in [-0.25, -0.2) is 23.2 Å². The SMILES string of the molecule is C=CC[C@H]1CC1(NC(=O)[C@@H]1C[C@@H]2CN1C(=O)[C@H](C1CCCC1)NC(=O)OC1CCC[C@H]1CCCCCc1nc3ccccc3nc1O2)C(=O)NS(=O)(=O)C1CC1. The largest absolute Gasteiger partial charge is 0.471 e. The Bertz CT molecular complexity index is 1970. The van der Waals surface area contributed by atoms with Crippen LogP contribution in [0.5, 0.6) is 5.88 Å². The van der Waals surface area contributed by atoms with Gasteiger partial charge >= 0.3 is 6.09 Å². The number of allylic oxidation sites excluding steroid dienone is 1. The van der Waals surface area contributed by atoms with E-state index in [9.17, 15) is 27.6 Å². The number of para-hydroxylation sites is 2. The lowest BCUT2D eigenvalue weighted by Crippen LogP contribution is -2.59. The zero-order valence-corrected chi connectivity index (χ0v) is 32.8. The first-order chi connectivity index (χ1) is 27.0. The number of aromatic nitrogens is 2. The highest BCUT2D eigenvalue weighted by Crippen LogP contribution is 2.47. The summed E-state index contributed by atoms with van der Waals surface area (Å²) in [6, 6.07) is 5.59. The van der Waals surface area contributed by atoms with Gasteiger partial charge in [0.05, 0.1) is 22.8 Å². The molecule has 15 heteroatoms. The normalized spacial score (nSPS) is 31.5. The maximum atomic E-state index is 14.9. The fourth-order valence-corrected chi connectivity index (χ4v) is 11.0. The summed E-state index contributed by atoms with van der Waals surface area (Å²) in [5, 5.41) is 5.25. The van der Waals surface area contributed by atoms with Crippen LogP contribution in [0.3, 0.4) is 0 Å². The summed E-state index contributed by atoms with van der Waals surface area (Å²) < 4.78 is 40.6. The molecule has 302 valence electrons. The van der Waals surface area contributed by atoms with Crippen molar-refractivity contribution in [1.82, 2.24) is 30.2 Å². The number of ether oxygens (including phenoxy) is 2. The van der Waals surface area contributed by atoms with Gasteiger partial charge in [-0.1, -0.05) is 43.9 Å². The molecule has 1 saturated heterocycles. The molecule has 56 heavy (non-hydrogen) atoms. The van der Waals surface area contributed by atoms with Gasteiger partial charge in [0.25, 0.3) is 5.91 Å². The summed E-state index contributed by atoms with van der Waals surface area (Å²) >= 11 is 0. The maximum absolute atomic E-state index is 14.9. The molecule has 14 nitrogen and oxygen atoms in total. The van der Waals surface area contributed by atoms with Crippen LogP contribution < -0.4 is 20.1 Å². The number of rotatable bonds is 8. The number of sulfonamides is 1. The van der Waals surface area contributed by atoms with Crippen LogP contribution in [-0.4, -0.2) is 88.7 Å². The number of amides is 4. The minimum Gasteiger partial charge on any atom is -0.471 e. The van der Waals surface area contributed by atoms with Gasteiger partial charge in [0.2, 0.25) is 27.7 Å². The average molecular weight is 791 g/mol. The van der Waals surface area contributed by atoms with Crippen molar-refractivity contribution < 1.29 is 37.1 Å². The monoisotopic (exact) mass is 790 g/mol. The van der Waals surface area contributed by atoms with E-state index in [4.69, 9.17) is 19.4 Å². The third kappa shape index (κ3) is 8.10. The van der Waals surface area contributed by atoms with E-state index in [0.717, 1.165) is 76.1 Å². The molecule has 4 saturated carbocycles. The van der Waals surface area contributed by atoms with Gasteiger partial charge in [0.1, 0.15) is 35.5 Å². The topological polar surface area (TPSA) is 186 Å². The molecule has 2 aliphatic heterocycles. The first kappa shape index (κ1) is 38.6. The Hall–Kier alpha value is -4.27. The fourth-order valence-electron chi connectivity index (χ4n) is 9.61. The van der Waals surface area contributed by atoms with Gasteiger partial charge in [-0.05, 0) is 107 Å². The average Bonchev–Trinajstić information content (AvgIpc) is 3.94. The molecule has 3 heterocycles. The molecule has 1 aromatic heterocycles. The van der Waals surface area contributed by atoms with Crippen molar-refractivity contribution in [2.45, 2.75) is 144 Å². The summed E-state index contributed by atoms with van der Waals surface area (Å²) in [7, 11) is -3.88. The third-order valence-corrected chi connectivity index (χ3v) is 14.8. The van der Waals surface area contributed by atoms with Crippen LogP contribution >= 0.6 is 0 Å². The molecule has 8 rings (SSSR count). The van der Waals surface area contributed by atoms with Crippen molar-refractivity contribution in [3.63, 3.8) is 0 Å². The number of hydrogen-bond acceptors (Lipinski definition) is 10. The Balaban J connectivity index is 1.12. The van der Waals surface area contributed by atoms with E-state index in [1.54, 1.807) is 6.08 Å². The molecule has 4 amide bonds. The van der Waals surface area contributed by atoms with E-state index < -0.39 is 62.8 Å². The smallest absolute Gasteiger partial charge is 0.408 e. The van der Waals surface area contributed by atoms with Crippen LogP contribution in [0.1, 0.15) is 108 Å². The summed E-state index contributed by atoms with van der Waals surface area (Å²) in [6.45, 7) is 3.83. The first-order valence-corrected chi connectivity index (χ1v) is 22.3. The van der Waals surface area contributed by atoms with E-state index in [1.165, 1.54) is 4.90 Å². The number of carbonyl (C=O) groups excluding carboxylic acids is 4. The molecular formula is C41H54N6O8S. The predicted molar refractivity (Wildman–Crippen MR) is 207 cm³/mol. The fraction of sp³-hybridized carbons (Fsp3) is 0.659. The Labute approximate surface area is 328 Å². The predicted octanol–water partition coefficient (Wildman–Crippen LogP) is 4.61. The van der Waals surface area contributed by atoms with E-state index >= 15 is 0 Å². The van der Waals surface area contributed by atoms with Gasteiger partial charge in [-0.15, -0.1) is 6.58 Å². The highest BCUT2D eigenvalue weighted by atomic mass is 32.2. The van der Waals surface area contributed by atoms with Crippen LogP contribution in [0.25, 0.3) is 11.0 Å². The zero-order chi connectivity index (χ0) is 39.0. The molecule has 0 radical (unpaired) electrons. The Morgan fingerprint density at radius 3 is 2.39 bits per heavy atom. The number of hydrogen-bond donors (Lipinski definition) is 3. The van der Waals surface area contributed by atoms with Crippen molar-refractivity contribution in [2.75, 3.05) is 6.54 Å². The number of carbonyl (C=O) groups is 4. The molecule has 2 aromatic rings. The zero-order valence-electron chi connectivity index (χ0n) is 32.0. The molecule has 6 aliphatic rings. The molecule has 2 bridgehead atoms. The maximum Gasteiger partial charge on any atom is 0.408 e. The van der Waals surface area contributed by atoms with Crippen molar-refractivity contribution in [3.05, 3.63) is 42.6 Å². The highest BCUT2D eigenvalue weighted by molar-refractivity contribution is 7.91. The lowest BCUT2D eigenvalue weighted by molar-refractivity contribution is -0.142. The van der Waals surface area contributed by atoms with Crippen LogP contribution in [0.15, 0.2) is 36.9 Å².